The van der Waals surface area contributed by atoms with Gasteiger partial charge in [0.05, 0.1) is 44.2 Å². The second-order valence-electron chi connectivity index (χ2n) is 8.04. The van der Waals surface area contributed by atoms with E-state index in [4.69, 9.17) is 13.9 Å². The van der Waals surface area contributed by atoms with Gasteiger partial charge in [-0.2, -0.15) is 18.3 Å². The number of hydrogen-bond acceptors (Lipinski definition) is 7. The molecule has 1 fully saturated rings. The number of furan rings is 1. The van der Waals surface area contributed by atoms with Crippen LogP contribution in [-0.4, -0.2) is 46.6 Å². The Morgan fingerprint density at radius 3 is 2.91 bits per heavy atom. The van der Waals surface area contributed by atoms with Crippen molar-refractivity contribution in [3.05, 3.63) is 45.4 Å². The first-order valence-corrected chi connectivity index (χ1v) is 11.4. The SMILES string of the molecule is CC1Cc2oc(C(=O)NCc3nccs3)c(C(F)(F)F)c2-c2nn(C[C@H]3COCCO3)cc21. The van der Waals surface area contributed by atoms with E-state index in [1.807, 2.05) is 6.92 Å². The van der Waals surface area contributed by atoms with Crippen LogP contribution in [0.3, 0.4) is 0 Å². The number of hydrogen-bond donors (Lipinski definition) is 1. The predicted octanol–water partition coefficient (Wildman–Crippen LogP) is 3.62. The van der Waals surface area contributed by atoms with Gasteiger partial charge in [0.15, 0.2) is 0 Å². The summed E-state index contributed by atoms with van der Waals surface area (Å²) in [7, 11) is 0. The zero-order chi connectivity index (χ0) is 23.2. The van der Waals surface area contributed by atoms with Crippen molar-refractivity contribution in [1.29, 1.82) is 0 Å². The van der Waals surface area contributed by atoms with Crippen molar-refractivity contribution >= 4 is 17.2 Å². The van der Waals surface area contributed by atoms with E-state index in [0.717, 1.165) is 0 Å². The number of carbonyl (C=O) groups excluding carboxylic acids is 1. The molecule has 1 saturated heterocycles. The first-order valence-electron chi connectivity index (χ1n) is 10.5. The Morgan fingerprint density at radius 1 is 1.36 bits per heavy atom. The van der Waals surface area contributed by atoms with Gasteiger partial charge in [0, 0.05) is 29.8 Å². The topological polar surface area (TPSA) is 91.4 Å². The quantitative estimate of drug-likeness (QED) is 0.597. The summed E-state index contributed by atoms with van der Waals surface area (Å²) < 4.78 is 60.7. The fourth-order valence-electron chi connectivity index (χ4n) is 4.20. The average molecular weight is 482 g/mol. The normalized spacial score (nSPS) is 20.4. The van der Waals surface area contributed by atoms with E-state index in [0.29, 0.717) is 36.9 Å². The van der Waals surface area contributed by atoms with Crippen LogP contribution < -0.4 is 5.32 Å². The van der Waals surface area contributed by atoms with Gasteiger partial charge in [0.1, 0.15) is 22.4 Å². The molecule has 8 nitrogen and oxygen atoms in total. The van der Waals surface area contributed by atoms with Gasteiger partial charge in [-0.3, -0.25) is 9.48 Å². The summed E-state index contributed by atoms with van der Waals surface area (Å²) in [6.45, 7) is 3.64. The number of rotatable bonds is 5. The minimum absolute atomic E-state index is 0.0128. The zero-order valence-corrected chi connectivity index (χ0v) is 18.5. The maximum atomic E-state index is 14.2. The molecule has 1 unspecified atom stereocenters. The van der Waals surface area contributed by atoms with E-state index in [1.165, 1.54) is 11.3 Å². The van der Waals surface area contributed by atoms with Crippen LogP contribution in [-0.2, 0) is 35.2 Å². The molecule has 176 valence electrons. The van der Waals surface area contributed by atoms with Gasteiger partial charge in [0.2, 0.25) is 5.76 Å². The fraction of sp³-hybridized carbons (Fsp3) is 0.476. The van der Waals surface area contributed by atoms with Crippen LogP contribution in [0.1, 0.15) is 45.3 Å². The summed E-state index contributed by atoms with van der Waals surface area (Å²) >= 11 is 1.29. The summed E-state index contributed by atoms with van der Waals surface area (Å²) in [5, 5.41) is 9.23. The molecular formula is C21H21F3N4O4S. The van der Waals surface area contributed by atoms with E-state index < -0.39 is 23.4 Å². The number of aromatic nitrogens is 3. The minimum atomic E-state index is -4.80. The van der Waals surface area contributed by atoms with Crippen LogP contribution in [0.15, 0.2) is 22.2 Å². The molecule has 12 heteroatoms. The van der Waals surface area contributed by atoms with Crippen molar-refractivity contribution in [2.75, 3.05) is 19.8 Å². The van der Waals surface area contributed by atoms with Crippen molar-refractivity contribution < 1.29 is 31.9 Å². The van der Waals surface area contributed by atoms with Crippen LogP contribution in [0.5, 0.6) is 0 Å². The molecule has 1 aliphatic heterocycles. The molecular weight excluding hydrogens is 461 g/mol. The molecule has 5 rings (SSSR count). The predicted molar refractivity (Wildman–Crippen MR) is 111 cm³/mol. The lowest BCUT2D eigenvalue weighted by atomic mass is 9.86. The van der Waals surface area contributed by atoms with Gasteiger partial charge < -0.3 is 19.2 Å². The number of halogens is 3. The number of thiazole rings is 1. The van der Waals surface area contributed by atoms with E-state index in [9.17, 15) is 18.0 Å². The van der Waals surface area contributed by atoms with Crippen LogP contribution in [0, 0.1) is 0 Å². The van der Waals surface area contributed by atoms with E-state index in [2.05, 4.69) is 15.4 Å². The van der Waals surface area contributed by atoms with Gasteiger partial charge in [0.25, 0.3) is 5.91 Å². The molecule has 0 radical (unpaired) electrons. The van der Waals surface area contributed by atoms with Gasteiger partial charge in [-0.25, -0.2) is 4.98 Å². The van der Waals surface area contributed by atoms with Crippen molar-refractivity contribution in [2.45, 2.75) is 44.6 Å². The first kappa shape index (κ1) is 22.1. The summed E-state index contributed by atoms with van der Waals surface area (Å²) in [6.07, 6.45) is -1.49. The van der Waals surface area contributed by atoms with E-state index >= 15 is 0 Å². The number of alkyl halides is 3. The minimum Gasteiger partial charge on any atom is -0.455 e. The second-order valence-corrected chi connectivity index (χ2v) is 9.02. The standard InChI is InChI=1S/C21H21F3N4O4S/c1-11-6-14-16(18-13(11)9-28(27-18)8-12-10-30-3-4-31-12)17(21(22,23)24)19(32-14)20(29)26-7-15-25-2-5-33-15/h2,5,9,11-12H,3-4,6-8,10H2,1H3,(H,26,29)/t11?,12-/m0/s1. The van der Waals surface area contributed by atoms with Crippen molar-refractivity contribution in [1.82, 2.24) is 20.1 Å². The number of fused-ring (bicyclic) bond motifs is 3. The van der Waals surface area contributed by atoms with E-state index in [-0.39, 0.29) is 42.0 Å². The Balaban J connectivity index is 1.50. The Hall–Kier alpha value is -2.70. The lowest BCUT2D eigenvalue weighted by molar-refractivity contribution is -0.137. The third kappa shape index (κ3) is 4.30. The second kappa shape index (κ2) is 8.58. The van der Waals surface area contributed by atoms with Gasteiger partial charge in [-0.05, 0) is 5.92 Å². The Labute approximate surface area is 190 Å². The third-order valence-corrected chi connectivity index (χ3v) is 6.46. The number of ether oxygens (including phenoxy) is 2. The fourth-order valence-corrected chi connectivity index (χ4v) is 4.76. The lowest BCUT2D eigenvalue weighted by Crippen LogP contribution is -2.32. The highest BCUT2D eigenvalue weighted by Gasteiger charge is 2.46. The lowest BCUT2D eigenvalue weighted by Gasteiger charge is -2.22. The Kier molecular flexibility index (Phi) is 5.75. The van der Waals surface area contributed by atoms with Crippen molar-refractivity contribution in [2.24, 2.45) is 0 Å². The summed E-state index contributed by atoms with van der Waals surface area (Å²) in [4.78, 5) is 16.7. The maximum absolute atomic E-state index is 14.2. The number of nitrogens with zero attached hydrogens (tertiary/aromatic N) is 3. The molecule has 0 spiro atoms. The largest absolute Gasteiger partial charge is 0.455 e. The van der Waals surface area contributed by atoms with E-state index in [1.54, 1.807) is 22.5 Å². The molecule has 3 aromatic rings. The molecule has 0 saturated carbocycles. The van der Waals surface area contributed by atoms with Gasteiger partial charge in [-0.15, -0.1) is 11.3 Å². The molecule has 0 bridgehead atoms. The average Bonchev–Trinajstić information content (AvgIpc) is 3.50. The summed E-state index contributed by atoms with van der Waals surface area (Å²) in [6, 6.07) is 0. The Bertz CT molecular complexity index is 1150. The summed E-state index contributed by atoms with van der Waals surface area (Å²) in [5.41, 5.74) is -0.379. The van der Waals surface area contributed by atoms with Gasteiger partial charge >= 0.3 is 6.18 Å². The maximum Gasteiger partial charge on any atom is 0.420 e. The first-order chi connectivity index (χ1) is 15.8. The highest BCUT2D eigenvalue weighted by atomic mass is 32.1. The molecule has 1 amide bonds. The molecule has 4 heterocycles. The zero-order valence-electron chi connectivity index (χ0n) is 17.6. The smallest absolute Gasteiger partial charge is 0.420 e. The molecule has 3 aromatic heterocycles. The molecule has 2 atom stereocenters. The highest BCUT2D eigenvalue weighted by molar-refractivity contribution is 7.09. The number of nitrogens with one attached hydrogen (secondary N) is 1. The van der Waals surface area contributed by atoms with Crippen LogP contribution >= 0.6 is 11.3 Å². The number of carbonyl (C=O) groups is 1. The molecule has 1 N–H and O–H groups in total. The van der Waals surface area contributed by atoms with Crippen molar-refractivity contribution in [3.8, 4) is 11.3 Å². The molecule has 1 aliphatic carbocycles. The molecule has 0 aromatic carbocycles. The Morgan fingerprint density at radius 2 is 2.21 bits per heavy atom. The monoisotopic (exact) mass is 482 g/mol. The number of amides is 1. The summed E-state index contributed by atoms with van der Waals surface area (Å²) in [5.74, 6) is -1.69. The van der Waals surface area contributed by atoms with Crippen LogP contribution in [0.2, 0.25) is 0 Å². The molecule has 33 heavy (non-hydrogen) atoms. The molecule has 2 aliphatic rings. The van der Waals surface area contributed by atoms with Crippen LogP contribution in [0.25, 0.3) is 11.3 Å². The third-order valence-electron chi connectivity index (χ3n) is 5.68. The van der Waals surface area contributed by atoms with Crippen LogP contribution in [0.4, 0.5) is 13.2 Å². The van der Waals surface area contributed by atoms with Crippen molar-refractivity contribution in [3.63, 3.8) is 0 Å². The van der Waals surface area contributed by atoms with Gasteiger partial charge in [-0.1, -0.05) is 6.92 Å². The highest BCUT2D eigenvalue weighted by Crippen LogP contribution is 2.48.